The predicted molar refractivity (Wildman–Crippen MR) is 102 cm³/mol. The van der Waals surface area contributed by atoms with Gasteiger partial charge >= 0.3 is 0 Å². The summed E-state index contributed by atoms with van der Waals surface area (Å²) in [6.07, 6.45) is 0. The molecule has 0 atom stereocenters. The molecule has 0 aliphatic rings. The monoisotopic (exact) mass is 363 g/mol. The van der Waals surface area contributed by atoms with Gasteiger partial charge in [-0.3, -0.25) is 9.59 Å². The van der Waals surface area contributed by atoms with Crippen LogP contribution in [0.25, 0.3) is 0 Å². The maximum atomic E-state index is 13.7. The zero-order valence-electron chi connectivity index (χ0n) is 14.7. The number of hydrogen-bond acceptors (Lipinski definition) is 3. The lowest BCUT2D eigenvalue weighted by Crippen LogP contribution is -2.20. The average Bonchev–Trinajstić information content (AvgIpc) is 2.69. The van der Waals surface area contributed by atoms with Crippen molar-refractivity contribution < 1.29 is 18.7 Å². The fraction of sp³-hybridized carbons (Fsp3) is 0.0909. The Morgan fingerprint density at radius 3 is 2.26 bits per heavy atom. The number of carbonyl (C=O) groups is 2. The van der Waals surface area contributed by atoms with Gasteiger partial charge in [0.05, 0.1) is 5.69 Å². The van der Waals surface area contributed by atoms with E-state index in [0.29, 0.717) is 16.9 Å². The van der Waals surface area contributed by atoms with Crippen LogP contribution < -0.4 is 10.1 Å². The Balaban J connectivity index is 1.57. The smallest absolute Gasteiger partial charge is 0.262 e. The van der Waals surface area contributed by atoms with Gasteiger partial charge in [-0.25, -0.2) is 4.39 Å². The second kappa shape index (κ2) is 8.27. The molecule has 0 radical (unpaired) electrons. The van der Waals surface area contributed by atoms with Gasteiger partial charge in [0.25, 0.3) is 5.91 Å². The highest BCUT2D eigenvalue weighted by atomic mass is 19.1. The minimum absolute atomic E-state index is 0.0882. The maximum absolute atomic E-state index is 13.7. The van der Waals surface area contributed by atoms with Crippen molar-refractivity contribution in [2.75, 3.05) is 11.9 Å². The number of carbonyl (C=O) groups excluding carboxylic acids is 2. The van der Waals surface area contributed by atoms with Crippen molar-refractivity contribution >= 4 is 17.4 Å². The molecule has 0 saturated heterocycles. The van der Waals surface area contributed by atoms with Gasteiger partial charge in [0.1, 0.15) is 11.6 Å². The predicted octanol–water partition coefficient (Wildman–Crippen LogP) is 4.38. The highest BCUT2D eigenvalue weighted by molar-refractivity contribution is 6.09. The van der Waals surface area contributed by atoms with Crippen molar-refractivity contribution in [3.63, 3.8) is 0 Å². The molecule has 0 aliphatic carbocycles. The number of halogens is 1. The standard InChI is InChI=1S/C22H18FNO3/c1-15-7-12-20(19(23)13-15)24-21(25)14-27-18-10-8-17(9-11-18)22(26)16-5-3-2-4-6-16/h2-13H,14H2,1H3,(H,24,25). The van der Waals surface area contributed by atoms with Crippen LogP contribution in [0.3, 0.4) is 0 Å². The lowest BCUT2D eigenvalue weighted by atomic mass is 10.0. The second-order valence-corrected chi connectivity index (χ2v) is 6.04. The normalized spacial score (nSPS) is 10.3. The first-order valence-corrected chi connectivity index (χ1v) is 8.41. The van der Waals surface area contributed by atoms with Gasteiger partial charge in [-0.1, -0.05) is 36.4 Å². The van der Waals surface area contributed by atoms with Crippen molar-refractivity contribution in [3.05, 3.63) is 95.3 Å². The molecule has 3 rings (SSSR count). The van der Waals surface area contributed by atoms with Crippen molar-refractivity contribution in [2.24, 2.45) is 0 Å². The van der Waals surface area contributed by atoms with E-state index >= 15 is 0 Å². The van der Waals surface area contributed by atoms with Gasteiger partial charge in [0, 0.05) is 11.1 Å². The molecule has 3 aromatic carbocycles. The number of ketones is 1. The van der Waals surface area contributed by atoms with Crippen LogP contribution in [-0.4, -0.2) is 18.3 Å². The maximum Gasteiger partial charge on any atom is 0.262 e. The molecule has 0 spiro atoms. The number of benzene rings is 3. The molecule has 5 heteroatoms. The Kier molecular flexibility index (Phi) is 5.61. The Morgan fingerprint density at radius 2 is 1.59 bits per heavy atom. The molecule has 4 nitrogen and oxygen atoms in total. The number of ether oxygens (including phenoxy) is 1. The number of rotatable bonds is 6. The number of aryl methyl sites for hydroxylation is 1. The van der Waals surface area contributed by atoms with E-state index in [-0.39, 0.29) is 18.1 Å². The molecule has 0 saturated carbocycles. The molecule has 0 unspecified atom stereocenters. The number of hydrogen-bond donors (Lipinski definition) is 1. The first-order chi connectivity index (χ1) is 13.0. The van der Waals surface area contributed by atoms with Crippen LogP contribution in [0.4, 0.5) is 10.1 Å². The van der Waals surface area contributed by atoms with Crippen LogP contribution in [0, 0.1) is 12.7 Å². The molecule has 27 heavy (non-hydrogen) atoms. The molecular formula is C22H18FNO3. The molecule has 0 heterocycles. The summed E-state index contributed by atoms with van der Waals surface area (Å²) in [4.78, 5) is 24.3. The summed E-state index contributed by atoms with van der Waals surface area (Å²) in [5.74, 6) is -0.608. The summed E-state index contributed by atoms with van der Waals surface area (Å²) in [7, 11) is 0. The van der Waals surface area contributed by atoms with Crippen molar-refractivity contribution in [1.82, 2.24) is 0 Å². The van der Waals surface area contributed by atoms with E-state index in [2.05, 4.69) is 5.32 Å². The van der Waals surface area contributed by atoms with Gasteiger partial charge in [-0.15, -0.1) is 0 Å². The molecule has 0 aromatic heterocycles. The zero-order valence-corrected chi connectivity index (χ0v) is 14.7. The Hall–Kier alpha value is -3.47. The number of anilines is 1. The second-order valence-electron chi connectivity index (χ2n) is 6.04. The average molecular weight is 363 g/mol. The minimum Gasteiger partial charge on any atom is -0.484 e. The highest BCUT2D eigenvalue weighted by Gasteiger charge is 2.10. The van der Waals surface area contributed by atoms with Crippen LogP contribution >= 0.6 is 0 Å². The first-order valence-electron chi connectivity index (χ1n) is 8.41. The van der Waals surface area contributed by atoms with E-state index in [9.17, 15) is 14.0 Å². The molecule has 136 valence electrons. The number of nitrogens with one attached hydrogen (secondary N) is 1. The quantitative estimate of drug-likeness (QED) is 0.661. The topological polar surface area (TPSA) is 55.4 Å². The zero-order chi connectivity index (χ0) is 19.2. The summed E-state index contributed by atoms with van der Waals surface area (Å²) < 4.78 is 19.1. The summed E-state index contributed by atoms with van der Waals surface area (Å²) in [6.45, 7) is 1.50. The summed E-state index contributed by atoms with van der Waals surface area (Å²) >= 11 is 0. The Bertz CT molecular complexity index is 953. The van der Waals surface area contributed by atoms with E-state index in [4.69, 9.17) is 4.74 Å². The van der Waals surface area contributed by atoms with E-state index < -0.39 is 11.7 Å². The van der Waals surface area contributed by atoms with Crippen molar-refractivity contribution in [2.45, 2.75) is 6.92 Å². The van der Waals surface area contributed by atoms with Crippen LogP contribution in [0.1, 0.15) is 21.5 Å². The van der Waals surface area contributed by atoms with Gasteiger partial charge in [0.15, 0.2) is 12.4 Å². The molecule has 1 N–H and O–H groups in total. The third kappa shape index (κ3) is 4.79. The molecule has 0 fully saturated rings. The lowest BCUT2D eigenvalue weighted by molar-refractivity contribution is -0.118. The first kappa shape index (κ1) is 18.3. The lowest BCUT2D eigenvalue weighted by Gasteiger charge is -2.09. The van der Waals surface area contributed by atoms with Crippen LogP contribution in [0.15, 0.2) is 72.8 Å². The Labute approximate surface area is 156 Å². The molecule has 0 aliphatic heterocycles. The fourth-order valence-electron chi connectivity index (χ4n) is 2.52. The Morgan fingerprint density at radius 1 is 0.926 bits per heavy atom. The van der Waals surface area contributed by atoms with E-state index in [1.807, 2.05) is 6.07 Å². The van der Waals surface area contributed by atoms with Crippen molar-refractivity contribution in [1.29, 1.82) is 0 Å². The molecule has 0 bridgehead atoms. The van der Waals surface area contributed by atoms with Gasteiger partial charge in [-0.05, 0) is 48.9 Å². The third-order valence-corrected chi connectivity index (χ3v) is 3.92. The van der Waals surface area contributed by atoms with E-state index in [0.717, 1.165) is 5.56 Å². The third-order valence-electron chi connectivity index (χ3n) is 3.92. The molecular weight excluding hydrogens is 345 g/mol. The number of amides is 1. The summed E-state index contributed by atoms with van der Waals surface area (Å²) in [5, 5.41) is 2.47. The summed E-state index contributed by atoms with van der Waals surface area (Å²) in [6, 6.07) is 20.0. The summed E-state index contributed by atoms with van der Waals surface area (Å²) in [5.41, 5.74) is 2.01. The highest BCUT2D eigenvalue weighted by Crippen LogP contribution is 2.17. The van der Waals surface area contributed by atoms with E-state index in [1.165, 1.54) is 12.1 Å². The van der Waals surface area contributed by atoms with Gasteiger partial charge < -0.3 is 10.1 Å². The van der Waals surface area contributed by atoms with E-state index in [1.54, 1.807) is 61.5 Å². The van der Waals surface area contributed by atoms with Crippen LogP contribution in [-0.2, 0) is 4.79 Å². The molecule has 3 aromatic rings. The van der Waals surface area contributed by atoms with Crippen LogP contribution in [0.2, 0.25) is 0 Å². The van der Waals surface area contributed by atoms with Crippen molar-refractivity contribution in [3.8, 4) is 5.75 Å². The largest absolute Gasteiger partial charge is 0.484 e. The van der Waals surface area contributed by atoms with Gasteiger partial charge in [0.2, 0.25) is 0 Å². The molecule has 1 amide bonds. The van der Waals surface area contributed by atoms with Gasteiger partial charge in [-0.2, -0.15) is 0 Å². The minimum atomic E-state index is -0.493. The fourth-order valence-corrected chi connectivity index (χ4v) is 2.52. The SMILES string of the molecule is Cc1ccc(NC(=O)COc2ccc(C(=O)c3ccccc3)cc2)c(F)c1. The van der Waals surface area contributed by atoms with Crippen LogP contribution in [0.5, 0.6) is 5.75 Å².